The van der Waals surface area contributed by atoms with Crippen molar-refractivity contribution in [2.75, 3.05) is 18.5 Å². The minimum atomic E-state index is -3.62. The summed E-state index contributed by atoms with van der Waals surface area (Å²) in [7, 11) is -2.17. The Morgan fingerprint density at radius 2 is 2.04 bits per heavy atom. The molecule has 1 aromatic carbocycles. The van der Waals surface area contributed by atoms with Crippen LogP contribution < -0.4 is 4.90 Å². The summed E-state index contributed by atoms with van der Waals surface area (Å²) in [5.41, 5.74) is 2.02. The molecule has 128 valence electrons. The van der Waals surface area contributed by atoms with Crippen molar-refractivity contribution in [3.8, 4) is 0 Å². The second-order valence-electron chi connectivity index (χ2n) is 5.97. The Kier molecular flexibility index (Phi) is 4.76. The van der Waals surface area contributed by atoms with E-state index in [2.05, 4.69) is 0 Å². The molecule has 1 aliphatic rings. The Morgan fingerprint density at radius 3 is 2.75 bits per heavy atom. The molecule has 2 heterocycles. The highest BCUT2D eigenvalue weighted by atomic mass is 32.2. The van der Waals surface area contributed by atoms with E-state index in [1.54, 1.807) is 22.4 Å². The molecule has 2 aromatic rings. The number of nitrogens with zero attached hydrogens (tertiary/aromatic N) is 2. The molecule has 5 nitrogen and oxygen atoms in total. The Morgan fingerprint density at radius 1 is 1.29 bits per heavy atom. The number of benzene rings is 1. The average Bonchev–Trinajstić information content (AvgIpc) is 3.09. The van der Waals surface area contributed by atoms with Gasteiger partial charge in [-0.2, -0.15) is 4.31 Å². The number of sulfonamides is 1. The van der Waals surface area contributed by atoms with Crippen molar-refractivity contribution >= 4 is 33.0 Å². The zero-order chi connectivity index (χ0) is 17.3. The van der Waals surface area contributed by atoms with Crippen molar-refractivity contribution in [1.82, 2.24) is 4.31 Å². The van der Waals surface area contributed by atoms with E-state index in [1.165, 1.54) is 7.05 Å². The Hall–Kier alpha value is -1.70. The first kappa shape index (κ1) is 17.1. The fraction of sp³-hybridized carbons (Fsp3) is 0.353. The van der Waals surface area contributed by atoms with Gasteiger partial charge >= 0.3 is 0 Å². The van der Waals surface area contributed by atoms with Crippen LogP contribution >= 0.6 is 11.3 Å². The van der Waals surface area contributed by atoms with Gasteiger partial charge in [-0.25, -0.2) is 8.42 Å². The Balaban J connectivity index is 1.82. The number of rotatable bonds is 4. The van der Waals surface area contributed by atoms with Crippen LogP contribution in [0, 0.1) is 0 Å². The van der Waals surface area contributed by atoms with Crippen molar-refractivity contribution in [1.29, 1.82) is 0 Å². The number of hydrogen-bond donors (Lipinski definition) is 0. The standard InChI is InChI=1S/C17H20N2O3S2/c1-13-9-10-14-6-3-4-7-15(14)19(13)16(20)12-18(2)24(21,22)17-8-5-11-23-17/h3-8,11,13H,9-10,12H2,1-2H3. The highest BCUT2D eigenvalue weighted by molar-refractivity contribution is 7.91. The fourth-order valence-electron chi connectivity index (χ4n) is 2.98. The predicted octanol–water partition coefficient (Wildman–Crippen LogP) is 2.74. The van der Waals surface area contributed by atoms with Gasteiger partial charge in [-0.05, 0) is 42.8 Å². The van der Waals surface area contributed by atoms with E-state index in [4.69, 9.17) is 0 Å². The maximum absolute atomic E-state index is 12.8. The molecule has 7 heteroatoms. The van der Waals surface area contributed by atoms with E-state index in [0.717, 1.165) is 39.7 Å². The van der Waals surface area contributed by atoms with Gasteiger partial charge in [-0.1, -0.05) is 24.3 Å². The first-order valence-corrected chi connectivity index (χ1v) is 10.1. The van der Waals surface area contributed by atoms with Crippen molar-refractivity contribution in [3.05, 3.63) is 47.3 Å². The van der Waals surface area contributed by atoms with E-state index in [0.29, 0.717) is 0 Å². The third kappa shape index (κ3) is 3.11. The summed E-state index contributed by atoms with van der Waals surface area (Å²) in [6.07, 6.45) is 1.81. The molecule has 0 radical (unpaired) electrons. The minimum Gasteiger partial charge on any atom is -0.308 e. The van der Waals surface area contributed by atoms with Crippen LogP contribution in [0.5, 0.6) is 0 Å². The molecule has 0 bridgehead atoms. The molecule has 1 amide bonds. The summed E-state index contributed by atoms with van der Waals surface area (Å²) in [4.78, 5) is 14.6. The van der Waals surface area contributed by atoms with Gasteiger partial charge in [0, 0.05) is 18.8 Å². The van der Waals surface area contributed by atoms with Crippen LogP contribution in [0.4, 0.5) is 5.69 Å². The van der Waals surface area contributed by atoms with Gasteiger partial charge in [-0.3, -0.25) is 4.79 Å². The number of fused-ring (bicyclic) bond motifs is 1. The van der Waals surface area contributed by atoms with Crippen molar-refractivity contribution in [2.24, 2.45) is 0 Å². The van der Waals surface area contributed by atoms with Crippen LogP contribution in [0.15, 0.2) is 46.0 Å². The molecule has 0 saturated carbocycles. The number of thiophene rings is 1. The van der Waals surface area contributed by atoms with Crippen LogP contribution in [-0.2, 0) is 21.2 Å². The van der Waals surface area contributed by atoms with Gasteiger partial charge < -0.3 is 4.90 Å². The zero-order valence-electron chi connectivity index (χ0n) is 13.7. The van der Waals surface area contributed by atoms with E-state index in [9.17, 15) is 13.2 Å². The van der Waals surface area contributed by atoms with Crippen molar-refractivity contribution in [3.63, 3.8) is 0 Å². The molecule has 0 spiro atoms. The van der Waals surface area contributed by atoms with E-state index in [-0.39, 0.29) is 22.7 Å². The lowest BCUT2D eigenvalue weighted by atomic mass is 9.96. The highest BCUT2D eigenvalue weighted by Gasteiger charge is 2.31. The molecule has 0 saturated heterocycles. The maximum atomic E-state index is 12.8. The largest absolute Gasteiger partial charge is 0.308 e. The van der Waals surface area contributed by atoms with E-state index in [1.807, 2.05) is 31.2 Å². The lowest BCUT2D eigenvalue weighted by molar-refractivity contribution is -0.119. The molecule has 0 aliphatic carbocycles. The number of para-hydroxylation sites is 1. The summed E-state index contributed by atoms with van der Waals surface area (Å²) in [5.74, 6) is -0.197. The first-order chi connectivity index (χ1) is 11.4. The summed E-state index contributed by atoms with van der Waals surface area (Å²) in [6, 6.07) is 11.1. The quantitative estimate of drug-likeness (QED) is 0.838. The molecule has 0 fully saturated rings. The van der Waals surface area contributed by atoms with Crippen LogP contribution in [0.25, 0.3) is 0 Å². The van der Waals surface area contributed by atoms with E-state index >= 15 is 0 Å². The topological polar surface area (TPSA) is 57.7 Å². The van der Waals surface area contributed by atoms with E-state index < -0.39 is 10.0 Å². The van der Waals surface area contributed by atoms with Crippen LogP contribution in [0.2, 0.25) is 0 Å². The number of carbonyl (C=O) groups excluding carboxylic acids is 1. The lowest BCUT2D eigenvalue weighted by Crippen LogP contribution is -2.47. The number of aryl methyl sites for hydroxylation is 1. The van der Waals surface area contributed by atoms with Gasteiger partial charge in [0.25, 0.3) is 10.0 Å². The SMILES string of the molecule is CC1CCc2ccccc2N1C(=O)CN(C)S(=O)(=O)c1cccs1. The van der Waals surface area contributed by atoms with Crippen molar-refractivity contribution in [2.45, 2.75) is 30.0 Å². The monoisotopic (exact) mass is 364 g/mol. The van der Waals surface area contributed by atoms with Crippen LogP contribution in [-0.4, -0.2) is 38.3 Å². The smallest absolute Gasteiger partial charge is 0.252 e. The van der Waals surface area contributed by atoms with Gasteiger partial charge in [0.2, 0.25) is 5.91 Å². The summed E-state index contributed by atoms with van der Waals surface area (Å²) in [5, 5.41) is 1.71. The molecule has 1 unspecified atom stereocenters. The molecular weight excluding hydrogens is 344 g/mol. The zero-order valence-corrected chi connectivity index (χ0v) is 15.3. The molecule has 1 aromatic heterocycles. The second-order valence-corrected chi connectivity index (χ2v) is 9.19. The van der Waals surface area contributed by atoms with Gasteiger partial charge in [0.15, 0.2) is 0 Å². The number of anilines is 1. The highest BCUT2D eigenvalue weighted by Crippen LogP contribution is 2.31. The normalized spacial score (nSPS) is 17.8. The number of carbonyl (C=O) groups is 1. The number of hydrogen-bond acceptors (Lipinski definition) is 4. The molecule has 0 N–H and O–H groups in total. The maximum Gasteiger partial charge on any atom is 0.252 e. The first-order valence-electron chi connectivity index (χ1n) is 7.81. The Labute approximate surface area is 146 Å². The summed E-state index contributed by atoms with van der Waals surface area (Å²) in [6.45, 7) is 1.83. The Bertz CT molecular complexity index is 831. The molecule has 3 rings (SSSR count). The second kappa shape index (κ2) is 6.66. The summed E-state index contributed by atoms with van der Waals surface area (Å²) >= 11 is 1.16. The average molecular weight is 364 g/mol. The molecule has 24 heavy (non-hydrogen) atoms. The van der Waals surface area contributed by atoms with Gasteiger partial charge in [0.1, 0.15) is 4.21 Å². The molecular formula is C17H20N2O3S2. The third-order valence-corrected chi connectivity index (χ3v) is 7.49. The number of amides is 1. The van der Waals surface area contributed by atoms with Gasteiger partial charge in [0.05, 0.1) is 6.54 Å². The lowest BCUT2D eigenvalue weighted by Gasteiger charge is -2.36. The summed E-state index contributed by atoms with van der Waals surface area (Å²) < 4.78 is 26.4. The van der Waals surface area contributed by atoms with Gasteiger partial charge in [-0.15, -0.1) is 11.3 Å². The molecule has 1 aliphatic heterocycles. The van der Waals surface area contributed by atoms with Crippen LogP contribution in [0.1, 0.15) is 18.9 Å². The minimum absolute atomic E-state index is 0.0604. The predicted molar refractivity (Wildman–Crippen MR) is 95.8 cm³/mol. The van der Waals surface area contributed by atoms with Crippen LogP contribution in [0.3, 0.4) is 0 Å². The molecule has 1 atom stereocenters. The van der Waals surface area contributed by atoms with Crippen molar-refractivity contribution < 1.29 is 13.2 Å². The fourth-order valence-corrected chi connectivity index (χ4v) is 5.31. The number of likely N-dealkylation sites (N-methyl/N-ethyl adjacent to an activating group) is 1. The third-order valence-electron chi connectivity index (χ3n) is 4.31.